The van der Waals surface area contributed by atoms with E-state index in [-0.39, 0.29) is 0 Å². The van der Waals surface area contributed by atoms with E-state index in [0.717, 1.165) is 24.4 Å². The highest BCUT2D eigenvalue weighted by Crippen LogP contribution is 2.40. The minimum Gasteiger partial charge on any atom is -0.311 e. The van der Waals surface area contributed by atoms with Crippen molar-refractivity contribution in [2.75, 3.05) is 6.54 Å². The Balaban J connectivity index is 1.60. The van der Waals surface area contributed by atoms with Crippen LogP contribution in [0, 0.1) is 5.41 Å². The smallest absolute Gasteiger partial charge is 0.137 e. The minimum atomic E-state index is 0.555. The largest absolute Gasteiger partial charge is 0.311 e. The van der Waals surface area contributed by atoms with Gasteiger partial charge in [0, 0.05) is 25.5 Å². The van der Waals surface area contributed by atoms with Gasteiger partial charge in [0.25, 0.3) is 0 Å². The molecule has 102 valence electrons. The molecular weight excluding hydrogens is 234 g/mol. The van der Waals surface area contributed by atoms with Crippen molar-refractivity contribution in [1.29, 1.82) is 0 Å². The van der Waals surface area contributed by atoms with E-state index in [1.54, 1.807) is 0 Å². The van der Waals surface area contributed by atoms with Gasteiger partial charge in [0.2, 0.25) is 0 Å². The van der Waals surface area contributed by atoms with Crippen LogP contribution in [0.1, 0.15) is 44.7 Å². The number of pyridine rings is 1. The Hall–Kier alpha value is -1.35. The summed E-state index contributed by atoms with van der Waals surface area (Å²) in [5.74, 6) is 0. The summed E-state index contributed by atoms with van der Waals surface area (Å²) in [7, 11) is 0. The molecule has 2 heterocycles. The van der Waals surface area contributed by atoms with Gasteiger partial charge in [0.15, 0.2) is 0 Å². The molecule has 0 atom stereocenters. The Bertz CT molecular complexity index is 505. The highest BCUT2D eigenvalue weighted by atomic mass is 15.0. The van der Waals surface area contributed by atoms with E-state index in [1.807, 2.05) is 18.2 Å². The molecule has 1 aliphatic rings. The summed E-state index contributed by atoms with van der Waals surface area (Å²) in [5, 5.41) is 3.62. The predicted octanol–water partition coefficient (Wildman–Crippen LogP) is 3.39. The van der Waals surface area contributed by atoms with Crippen LogP contribution in [0.3, 0.4) is 0 Å². The zero-order valence-electron chi connectivity index (χ0n) is 11.7. The van der Waals surface area contributed by atoms with Crippen molar-refractivity contribution >= 4 is 5.65 Å². The third kappa shape index (κ3) is 2.66. The molecule has 0 aromatic carbocycles. The Morgan fingerprint density at radius 3 is 2.89 bits per heavy atom. The fraction of sp³-hybridized carbons (Fsp3) is 0.562. The zero-order chi connectivity index (χ0) is 13.1. The van der Waals surface area contributed by atoms with Crippen LogP contribution in [0.15, 0.2) is 30.6 Å². The van der Waals surface area contributed by atoms with E-state index < -0.39 is 0 Å². The lowest BCUT2D eigenvalue weighted by Crippen LogP contribution is -2.31. The molecule has 0 spiro atoms. The van der Waals surface area contributed by atoms with Gasteiger partial charge in [-0.25, -0.2) is 4.98 Å². The lowest BCUT2D eigenvalue weighted by Gasteiger charge is -2.27. The molecular formula is C16H23N3. The number of nitrogens with zero attached hydrogens (tertiary/aromatic N) is 2. The van der Waals surface area contributed by atoms with E-state index in [4.69, 9.17) is 0 Å². The van der Waals surface area contributed by atoms with Crippen molar-refractivity contribution in [1.82, 2.24) is 14.7 Å². The maximum Gasteiger partial charge on any atom is 0.137 e. The lowest BCUT2D eigenvalue weighted by molar-refractivity contribution is 0.268. The molecule has 1 aliphatic carbocycles. The number of rotatable bonds is 5. The molecule has 0 aliphatic heterocycles. The predicted molar refractivity (Wildman–Crippen MR) is 78.1 cm³/mol. The molecule has 0 bridgehead atoms. The molecule has 2 aromatic heterocycles. The molecule has 0 saturated heterocycles. The SMILES string of the molecule is CCC1(CNCc2cn3ccccc3n2)CCCC1. The fourth-order valence-electron chi connectivity index (χ4n) is 3.31. The van der Waals surface area contributed by atoms with E-state index in [0.29, 0.717) is 5.41 Å². The Kier molecular flexibility index (Phi) is 3.56. The van der Waals surface area contributed by atoms with Gasteiger partial charge in [-0.1, -0.05) is 25.8 Å². The van der Waals surface area contributed by atoms with Crippen LogP contribution in [0.4, 0.5) is 0 Å². The van der Waals surface area contributed by atoms with E-state index in [2.05, 4.69) is 34.0 Å². The zero-order valence-corrected chi connectivity index (χ0v) is 11.7. The maximum atomic E-state index is 4.63. The van der Waals surface area contributed by atoms with Crippen LogP contribution in [0.5, 0.6) is 0 Å². The van der Waals surface area contributed by atoms with Crippen molar-refractivity contribution in [2.24, 2.45) is 5.41 Å². The summed E-state index contributed by atoms with van der Waals surface area (Å²) in [5.41, 5.74) is 2.72. The Morgan fingerprint density at radius 2 is 2.16 bits per heavy atom. The first-order chi connectivity index (χ1) is 9.31. The summed E-state index contributed by atoms with van der Waals surface area (Å²) in [6, 6.07) is 6.12. The fourth-order valence-corrected chi connectivity index (χ4v) is 3.31. The molecule has 3 rings (SSSR count). The van der Waals surface area contributed by atoms with Gasteiger partial charge in [-0.15, -0.1) is 0 Å². The number of imidazole rings is 1. The summed E-state index contributed by atoms with van der Waals surface area (Å²) in [6.07, 6.45) is 11.1. The third-order valence-corrected chi connectivity index (χ3v) is 4.63. The molecule has 1 fully saturated rings. The van der Waals surface area contributed by atoms with Crippen LogP contribution in [-0.4, -0.2) is 15.9 Å². The molecule has 19 heavy (non-hydrogen) atoms. The van der Waals surface area contributed by atoms with Crippen LogP contribution >= 0.6 is 0 Å². The third-order valence-electron chi connectivity index (χ3n) is 4.63. The Labute approximate surface area is 115 Å². The molecule has 1 N–H and O–H groups in total. The number of hydrogen-bond donors (Lipinski definition) is 1. The average Bonchev–Trinajstić information content (AvgIpc) is 3.05. The molecule has 0 radical (unpaired) electrons. The monoisotopic (exact) mass is 257 g/mol. The molecule has 3 heteroatoms. The normalized spacial score (nSPS) is 18.2. The van der Waals surface area contributed by atoms with Gasteiger partial charge < -0.3 is 9.72 Å². The van der Waals surface area contributed by atoms with Crippen LogP contribution in [-0.2, 0) is 6.54 Å². The number of aromatic nitrogens is 2. The molecule has 1 saturated carbocycles. The van der Waals surface area contributed by atoms with Crippen molar-refractivity contribution in [3.05, 3.63) is 36.3 Å². The molecule has 2 aromatic rings. The van der Waals surface area contributed by atoms with E-state index in [9.17, 15) is 0 Å². The first kappa shape index (κ1) is 12.7. The van der Waals surface area contributed by atoms with E-state index >= 15 is 0 Å². The van der Waals surface area contributed by atoms with Gasteiger partial charge in [-0.05, 0) is 36.8 Å². The minimum absolute atomic E-state index is 0.555. The standard InChI is InChI=1S/C16H23N3/c1-2-16(8-4-5-9-16)13-17-11-14-12-19-10-6-3-7-15(19)18-14/h3,6-7,10,12,17H,2,4-5,8-9,11,13H2,1H3. The van der Waals surface area contributed by atoms with Gasteiger partial charge in [0.1, 0.15) is 5.65 Å². The second-order valence-corrected chi connectivity index (χ2v) is 5.86. The van der Waals surface area contributed by atoms with Crippen LogP contribution in [0.2, 0.25) is 0 Å². The van der Waals surface area contributed by atoms with Crippen LogP contribution in [0.25, 0.3) is 5.65 Å². The van der Waals surface area contributed by atoms with Gasteiger partial charge in [-0.2, -0.15) is 0 Å². The second kappa shape index (κ2) is 5.33. The highest BCUT2D eigenvalue weighted by Gasteiger charge is 2.31. The summed E-state index contributed by atoms with van der Waals surface area (Å²) >= 11 is 0. The Morgan fingerprint density at radius 1 is 1.32 bits per heavy atom. The van der Waals surface area contributed by atoms with Crippen molar-refractivity contribution in [2.45, 2.75) is 45.6 Å². The quantitative estimate of drug-likeness (QED) is 0.889. The van der Waals surface area contributed by atoms with Crippen molar-refractivity contribution in [3.8, 4) is 0 Å². The molecule has 0 amide bonds. The first-order valence-electron chi connectivity index (χ1n) is 7.45. The number of fused-ring (bicyclic) bond motifs is 1. The lowest BCUT2D eigenvalue weighted by atomic mass is 9.83. The number of hydrogen-bond acceptors (Lipinski definition) is 2. The average molecular weight is 257 g/mol. The first-order valence-corrected chi connectivity index (χ1v) is 7.45. The molecule has 0 unspecified atom stereocenters. The van der Waals surface area contributed by atoms with E-state index in [1.165, 1.54) is 32.1 Å². The van der Waals surface area contributed by atoms with Gasteiger partial charge in [-0.3, -0.25) is 0 Å². The van der Waals surface area contributed by atoms with Crippen molar-refractivity contribution in [3.63, 3.8) is 0 Å². The van der Waals surface area contributed by atoms with Crippen LogP contribution < -0.4 is 5.32 Å². The van der Waals surface area contributed by atoms with Crippen molar-refractivity contribution < 1.29 is 0 Å². The van der Waals surface area contributed by atoms with Gasteiger partial charge >= 0.3 is 0 Å². The summed E-state index contributed by atoms with van der Waals surface area (Å²) in [4.78, 5) is 4.63. The summed E-state index contributed by atoms with van der Waals surface area (Å²) < 4.78 is 2.09. The summed E-state index contributed by atoms with van der Waals surface area (Å²) in [6.45, 7) is 4.35. The maximum absolute atomic E-state index is 4.63. The number of nitrogens with one attached hydrogen (secondary N) is 1. The highest BCUT2D eigenvalue weighted by molar-refractivity contribution is 5.39. The molecule has 3 nitrogen and oxygen atoms in total. The van der Waals surface area contributed by atoms with Gasteiger partial charge in [0.05, 0.1) is 5.69 Å². The topological polar surface area (TPSA) is 29.3 Å². The second-order valence-electron chi connectivity index (χ2n) is 5.86.